The van der Waals surface area contributed by atoms with Crippen molar-refractivity contribution < 1.29 is 15.3 Å². The van der Waals surface area contributed by atoms with Crippen LogP contribution < -0.4 is 0 Å². The highest BCUT2D eigenvalue weighted by Gasteiger charge is 2.12. The number of aromatic hydroxyl groups is 1. The zero-order valence-corrected chi connectivity index (χ0v) is 12.7. The lowest BCUT2D eigenvalue weighted by Gasteiger charge is -2.15. The molecule has 2 aromatic rings. The summed E-state index contributed by atoms with van der Waals surface area (Å²) >= 11 is 0. The van der Waals surface area contributed by atoms with Crippen molar-refractivity contribution >= 4 is 0 Å². The molecule has 0 radical (unpaired) electrons. The van der Waals surface area contributed by atoms with E-state index in [1.54, 1.807) is 12.1 Å². The maximum absolute atomic E-state index is 10.0. The zero-order chi connectivity index (χ0) is 15.8. The fraction of sp³-hybridized carbons (Fsp3) is 0.368. The molecule has 0 saturated heterocycles. The molecule has 0 bridgehead atoms. The quantitative estimate of drug-likeness (QED) is 0.702. The number of benzene rings is 2. The minimum atomic E-state index is -0.500. The van der Waals surface area contributed by atoms with Gasteiger partial charge in [-0.3, -0.25) is 0 Å². The Bertz CT molecular complexity index is 536. The van der Waals surface area contributed by atoms with E-state index in [0.717, 1.165) is 18.4 Å². The van der Waals surface area contributed by atoms with Gasteiger partial charge in [0, 0.05) is 0 Å². The van der Waals surface area contributed by atoms with Gasteiger partial charge >= 0.3 is 0 Å². The predicted octanol–water partition coefficient (Wildman–Crippen LogP) is 3.07. The van der Waals surface area contributed by atoms with E-state index >= 15 is 0 Å². The second-order valence-corrected chi connectivity index (χ2v) is 5.77. The number of aliphatic hydroxyl groups is 2. The van der Waals surface area contributed by atoms with E-state index in [0.29, 0.717) is 19.3 Å². The molecule has 2 rings (SSSR count). The summed E-state index contributed by atoms with van der Waals surface area (Å²) in [7, 11) is 0. The minimum absolute atomic E-state index is 0.251. The third-order valence-corrected chi connectivity index (χ3v) is 3.86. The van der Waals surface area contributed by atoms with Gasteiger partial charge < -0.3 is 15.3 Å². The Labute approximate surface area is 131 Å². The summed E-state index contributed by atoms with van der Waals surface area (Å²) in [5.74, 6) is 0.251. The lowest BCUT2D eigenvalue weighted by Crippen LogP contribution is -2.19. The smallest absolute Gasteiger partial charge is 0.115 e. The Morgan fingerprint density at radius 1 is 0.682 bits per heavy atom. The van der Waals surface area contributed by atoms with Gasteiger partial charge in [-0.25, -0.2) is 0 Å². The molecule has 0 aliphatic carbocycles. The molecule has 0 aliphatic rings. The standard InChI is InChI=1S/C19H24O3/c20-17-10-6-16(7-11-17)9-13-19(22)14-18(21)12-8-15-4-2-1-3-5-15/h1-7,10-11,18-22H,8-9,12-14H2/t18-,19-/m1/s1. The third kappa shape index (κ3) is 5.88. The first-order valence-corrected chi connectivity index (χ1v) is 7.81. The molecule has 3 N–H and O–H groups in total. The normalized spacial score (nSPS) is 13.7. The highest BCUT2D eigenvalue weighted by molar-refractivity contribution is 5.25. The van der Waals surface area contributed by atoms with E-state index in [4.69, 9.17) is 0 Å². The van der Waals surface area contributed by atoms with Crippen LogP contribution in [0.2, 0.25) is 0 Å². The second kappa shape index (κ2) is 8.57. The van der Waals surface area contributed by atoms with Crippen LogP contribution in [0.5, 0.6) is 5.75 Å². The zero-order valence-electron chi connectivity index (χ0n) is 12.7. The lowest BCUT2D eigenvalue weighted by atomic mass is 9.99. The molecule has 0 amide bonds. The Morgan fingerprint density at radius 2 is 1.18 bits per heavy atom. The first-order valence-electron chi connectivity index (χ1n) is 7.81. The molecule has 0 heterocycles. The van der Waals surface area contributed by atoms with Gasteiger partial charge in [-0.15, -0.1) is 0 Å². The molecule has 0 aromatic heterocycles. The van der Waals surface area contributed by atoms with Crippen LogP contribution in [0.25, 0.3) is 0 Å². The van der Waals surface area contributed by atoms with Gasteiger partial charge in [-0.05, 0) is 55.4 Å². The van der Waals surface area contributed by atoms with E-state index in [1.165, 1.54) is 5.56 Å². The summed E-state index contributed by atoms with van der Waals surface area (Å²) in [5.41, 5.74) is 2.29. The second-order valence-electron chi connectivity index (χ2n) is 5.77. The molecule has 0 unspecified atom stereocenters. The highest BCUT2D eigenvalue weighted by Crippen LogP contribution is 2.15. The number of rotatable bonds is 8. The van der Waals surface area contributed by atoms with Crippen LogP contribution in [0.4, 0.5) is 0 Å². The van der Waals surface area contributed by atoms with Gasteiger partial charge in [0.2, 0.25) is 0 Å². The van der Waals surface area contributed by atoms with Crippen molar-refractivity contribution in [1.82, 2.24) is 0 Å². The average Bonchev–Trinajstić information content (AvgIpc) is 2.53. The first kappa shape index (κ1) is 16.5. The average molecular weight is 300 g/mol. The first-order chi connectivity index (χ1) is 10.6. The molecule has 0 fully saturated rings. The minimum Gasteiger partial charge on any atom is -0.508 e. The topological polar surface area (TPSA) is 60.7 Å². The number of hydrogen-bond acceptors (Lipinski definition) is 3. The predicted molar refractivity (Wildman–Crippen MR) is 87.8 cm³/mol. The number of phenolic OH excluding ortho intramolecular Hbond substituents is 1. The molecule has 0 saturated carbocycles. The molecule has 2 atom stereocenters. The van der Waals surface area contributed by atoms with Crippen LogP contribution in [0.15, 0.2) is 54.6 Å². The van der Waals surface area contributed by atoms with Gasteiger partial charge in [0.1, 0.15) is 5.75 Å². The fourth-order valence-corrected chi connectivity index (χ4v) is 2.52. The number of hydrogen-bond donors (Lipinski definition) is 3. The Kier molecular flexibility index (Phi) is 6.44. The van der Waals surface area contributed by atoms with Gasteiger partial charge in [0.15, 0.2) is 0 Å². The summed E-state index contributed by atoms with van der Waals surface area (Å²) in [4.78, 5) is 0. The molecule has 118 valence electrons. The van der Waals surface area contributed by atoms with Crippen LogP contribution >= 0.6 is 0 Å². The van der Waals surface area contributed by atoms with Crippen molar-refractivity contribution in [3.8, 4) is 5.75 Å². The summed E-state index contributed by atoms with van der Waals surface area (Å²) in [5, 5.41) is 29.3. The SMILES string of the molecule is Oc1ccc(CC[C@@H](O)C[C@H](O)CCc2ccccc2)cc1. The van der Waals surface area contributed by atoms with Gasteiger partial charge in [0.25, 0.3) is 0 Å². The molecule has 0 aliphatic heterocycles. The summed E-state index contributed by atoms with van der Waals surface area (Å²) in [6, 6.07) is 17.1. The molecule has 3 heteroatoms. The van der Waals surface area contributed by atoms with Crippen molar-refractivity contribution in [2.45, 2.75) is 44.3 Å². The van der Waals surface area contributed by atoms with E-state index in [1.807, 2.05) is 42.5 Å². The van der Waals surface area contributed by atoms with E-state index < -0.39 is 12.2 Å². The maximum Gasteiger partial charge on any atom is 0.115 e. The molecule has 22 heavy (non-hydrogen) atoms. The molecular formula is C19H24O3. The Morgan fingerprint density at radius 3 is 1.73 bits per heavy atom. The fourth-order valence-electron chi connectivity index (χ4n) is 2.52. The van der Waals surface area contributed by atoms with Crippen LogP contribution in [-0.4, -0.2) is 27.5 Å². The van der Waals surface area contributed by atoms with Crippen LogP contribution in [-0.2, 0) is 12.8 Å². The molecule has 0 spiro atoms. The monoisotopic (exact) mass is 300 g/mol. The largest absolute Gasteiger partial charge is 0.508 e. The van der Waals surface area contributed by atoms with Crippen LogP contribution in [0.3, 0.4) is 0 Å². The van der Waals surface area contributed by atoms with Crippen LogP contribution in [0, 0.1) is 0 Å². The molecular weight excluding hydrogens is 276 g/mol. The summed E-state index contributed by atoms with van der Waals surface area (Å²) in [6.45, 7) is 0. The molecule has 2 aromatic carbocycles. The van der Waals surface area contributed by atoms with E-state index in [-0.39, 0.29) is 5.75 Å². The van der Waals surface area contributed by atoms with Crippen molar-refractivity contribution in [3.63, 3.8) is 0 Å². The van der Waals surface area contributed by atoms with Crippen molar-refractivity contribution in [3.05, 3.63) is 65.7 Å². The van der Waals surface area contributed by atoms with Gasteiger partial charge in [-0.2, -0.15) is 0 Å². The van der Waals surface area contributed by atoms with Crippen molar-refractivity contribution in [1.29, 1.82) is 0 Å². The Hall–Kier alpha value is -1.84. The lowest BCUT2D eigenvalue weighted by molar-refractivity contribution is 0.0714. The van der Waals surface area contributed by atoms with E-state index in [2.05, 4.69) is 0 Å². The maximum atomic E-state index is 10.0. The summed E-state index contributed by atoms with van der Waals surface area (Å²) in [6.07, 6.45) is 2.28. The van der Waals surface area contributed by atoms with Crippen molar-refractivity contribution in [2.24, 2.45) is 0 Å². The van der Waals surface area contributed by atoms with Crippen molar-refractivity contribution in [2.75, 3.05) is 0 Å². The van der Waals surface area contributed by atoms with Gasteiger partial charge in [0.05, 0.1) is 12.2 Å². The van der Waals surface area contributed by atoms with Crippen LogP contribution in [0.1, 0.15) is 30.4 Å². The Balaban J connectivity index is 1.67. The number of aliphatic hydroxyl groups excluding tert-OH is 2. The summed E-state index contributed by atoms with van der Waals surface area (Å²) < 4.78 is 0. The van der Waals surface area contributed by atoms with Gasteiger partial charge in [-0.1, -0.05) is 42.5 Å². The highest BCUT2D eigenvalue weighted by atomic mass is 16.3. The molecule has 3 nitrogen and oxygen atoms in total. The number of phenols is 1. The third-order valence-electron chi connectivity index (χ3n) is 3.86. The number of aryl methyl sites for hydroxylation is 2. The van der Waals surface area contributed by atoms with E-state index in [9.17, 15) is 15.3 Å².